The van der Waals surface area contributed by atoms with Crippen molar-refractivity contribution in [3.05, 3.63) is 27.4 Å². The summed E-state index contributed by atoms with van der Waals surface area (Å²) in [6.45, 7) is 0. The highest BCUT2D eigenvalue weighted by Gasteiger charge is 2.16. The minimum Gasteiger partial charge on any atom is -0.465 e. The van der Waals surface area contributed by atoms with Crippen molar-refractivity contribution in [3.8, 4) is 0 Å². The fraction of sp³-hybridized carbons (Fsp3) is 0.182. The molecule has 0 saturated carbocycles. The number of nitrogen functional groups attached to an aromatic ring is 1. The number of aromatic nitrogens is 1. The summed E-state index contributed by atoms with van der Waals surface area (Å²) in [6, 6.07) is 1.66. The number of amides is 1. The summed E-state index contributed by atoms with van der Waals surface area (Å²) in [5.74, 6) is -0.725. The zero-order valence-electron chi connectivity index (χ0n) is 10.0. The van der Waals surface area contributed by atoms with Crippen molar-refractivity contribution < 1.29 is 14.3 Å². The maximum Gasteiger partial charge on any atom is 0.350 e. The Kier molecular flexibility index (Phi) is 4.13. The van der Waals surface area contributed by atoms with E-state index in [1.54, 1.807) is 16.8 Å². The molecule has 100 valence electrons. The first kappa shape index (κ1) is 13.5. The fourth-order valence-corrected chi connectivity index (χ4v) is 2.75. The predicted octanol–water partition coefficient (Wildman–Crippen LogP) is 1.75. The van der Waals surface area contributed by atoms with E-state index >= 15 is 0 Å². The number of carbonyl (C=O) groups is 2. The van der Waals surface area contributed by atoms with E-state index in [1.165, 1.54) is 29.8 Å². The third kappa shape index (κ3) is 3.30. The van der Waals surface area contributed by atoms with Gasteiger partial charge in [0.2, 0.25) is 5.91 Å². The smallest absolute Gasteiger partial charge is 0.350 e. The van der Waals surface area contributed by atoms with Crippen LogP contribution in [0.1, 0.15) is 15.4 Å². The Morgan fingerprint density at radius 1 is 1.47 bits per heavy atom. The fourth-order valence-electron chi connectivity index (χ4n) is 1.42. The summed E-state index contributed by atoms with van der Waals surface area (Å²) >= 11 is 2.49. The highest BCUT2D eigenvalue weighted by Crippen LogP contribution is 2.23. The molecule has 8 heteroatoms. The molecule has 2 rings (SSSR count). The Morgan fingerprint density at radius 3 is 2.89 bits per heavy atom. The van der Waals surface area contributed by atoms with Crippen molar-refractivity contribution in [3.63, 3.8) is 0 Å². The molecule has 0 fully saturated rings. The van der Waals surface area contributed by atoms with Crippen LogP contribution in [0.15, 0.2) is 16.8 Å². The number of esters is 1. The van der Waals surface area contributed by atoms with Crippen molar-refractivity contribution in [1.29, 1.82) is 0 Å². The van der Waals surface area contributed by atoms with Crippen molar-refractivity contribution in [2.24, 2.45) is 0 Å². The summed E-state index contributed by atoms with van der Waals surface area (Å²) in [4.78, 5) is 27.6. The number of methoxy groups -OCH3 is 1. The Bertz CT molecular complexity index is 606. The van der Waals surface area contributed by atoms with Crippen LogP contribution in [0.25, 0.3) is 0 Å². The second-order valence-corrected chi connectivity index (χ2v) is 5.36. The maximum atomic E-state index is 11.8. The molecule has 1 amide bonds. The summed E-state index contributed by atoms with van der Waals surface area (Å²) in [5, 5.41) is 6.52. The lowest BCUT2D eigenvalue weighted by atomic mass is 10.3. The molecule has 2 aromatic rings. The van der Waals surface area contributed by atoms with Gasteiger partial charge in [0.15, 0.2) is 5.13 Å². The van der Waals surface area contributed by atoms with Gasteiger partial charge in [0.05, 0.1) is 24.9 Å². The largest absolute Gasteiger partial charge is 0.465 e. The van der Waals surface area contributed by atoms with Crippen LogP contribution in [0.4, 0.5) is 10.8 Å². The van der Waals surface area contributed by atoms with Gasteiger partial charge in [-0.05, 0) is 11.4 Å². The molecule has 0 saturated heterocycles. The molecule has 0 aliphatic rings. The third-order valence-electron chi connectivity index (χ3n) is 2.22. The Hall–Kier alpha value is -1.93. The van der Waals surface area contributed by atoms with Gasteiger partial charge in [-0.15, -0.1) is 22.7 Å². The Labute approximate surface area is 117 Å². The first-order chi connectivity index (χ1) is 9.10. The molecule has 19 heavy (non-hydrogen) atoms. The van der Waals surface area contributed by atoms with E-state index in [4.69, 9.17) is 5.73 Å². The summed E-state index contributed by atoms with van der Waals surface area (Å²) in [7, 11) is 1.30. The zero-order valence-corrected chi connectivity index (χ0v) is 11.6. The molecule has 0 radical (unpaired) electrons. The minimum atomic E-state index is -0.469. The first-order valence-electron chi connectivity index (χ1n) is 5.25. The van der Waals surface area contributed by atoms with E-state index in [9.17, 15) is 9.59 Å². The quantitative estimate of drug-likeness (QED) is 0.838. The number of anilines is 2. The summed E-state index contributed by atoms with van der Waals surface area (Å²) < 4.78 is 4.63. The van der Waals surface area contributed by atoms with Gasteiger partial charge in [0.1, 0.15) is 4.88 Å². The lowest BCUT2D eigenvalue weighted by Crippen LogP contribution is -2.16. The highest BCUT2D eigenvalue weighted by atomic mass is 32.1. The molecule has 3 N–H and O–H groups in total. The van der Waals surface area contributed by atoms with Crippen LogP contribution in [-0.4, -0.2) is 24.0 Å². The minimum absolute atomic E-state index is 0.115. The van der Waals surface area contributed by atoms with E-state index in [0.717, 1.165) is 0 Å². The monoisotopic (exact) mass is 297 g/mol. The van der Waals surface area contributed by atoms with Crippen molar-refractivity contribution in [2.45, 2.75) is 6.42 Å². The summed E-state index contributed by atoms with van der Waals surface area (Å²) in [6.07, 6.45) is 0.115. The highest BCUT2D eigenvalue weighted by molar-refractivity contribution is 7.13. The van der Waals surface area contributed by atoms with Gasteiger partial charge < -0.3 is 15.8 Å². The van der Waals surface area contributed by atoms with Gasteiger partial charge in [-0.25, -0.2) is 9.78 Å². The number of carbonyl (C=O) groups excluding carboxylic acids is 2. The van der Waals surface area contributed by atoms with Crippen LogP contribution in [0.3, 0.4) is 0 Å². The number of hydrogen-bond donors (Lipinski definition) is 2. The van der Waals surface area contributed by atoms with Crippen molar-refractivity contribution >= 4 is 45.4 Å². The first-order valence-corrected chi connectivity index (χ1v) is 7.01. The van der Waals surface area contributed by atoms with E-state index in [0.29, 0.717) is 21.4 Å². The molecular formula is C11H11N3O3S2. The average Bonchev–Trinajstić information content (AvgIpc) is 2.97. The zero-order chi connectivity index (χ0) is 13.8. The van der Waals surface area contributed by atoms with Crippen LogP contribution < -0.4 is 11.1 Å². The molecule has 0 aliphatic heterocycles. The van der Waals surface area contributed by atoms with Crippen LogP contribution in [0.5, 0.6) is 0 Å². The molecule has 2 aromatic heterocycles. The lowest BCUT2D eigenvalue weighted by Gasteiger charge is -2.04. The number of thiazole rings is 1. The van der Waals surface area contributed by atoms with E-state index in [-0.39, 0.29) is 12.3 Å². The molecule has 0 bridgehead atoms. The lowest BCUT2D eigenvalue weighted by molar-refractivity contribution is -0.115. The number of nitrogens with zero attached hydrogens (tertiary/aromatic N) is 1. The second kappa shape index (κ2) is 5.81. The molecule has 6 nitrogen and oxygen atoms in total. The molecular weight excluding hydrogens is 286 g/mol. The van der Waals surface area contributed by atoms with E-state index in [1.807, 2.05) is 0 Å². The average molecular weight is 297 g/mol. The molecule has 2 heterocycles. The van der Waals surface area contributed by atoms with Gasteiger partial charge in [-0.2, -0.15) is 0 Å². The number of nitrogens with two attached hydrogens (primary N) is 1. The van der Waals surface area contributed by atoms with Gasteiger partial charge in [-0.3, -0.25) is 4.79 Å². The van der Waals surface area contributed by atoms with Crippen LogP contribution in [0, 0.1) is 0 Å². The van der Waals surface area contributed by atoms with E-state index < -0.39 is 5.97 Å². The SMILES string of the molecule is COC(=O)c1sccc1NC(=O)Cc1csc(N)n1. The Morgan fingerprint density at radius 2 is 2.26 bits per heavy atom. The van der Waals surface area contributed by atoms with Crippen LogP contribution >= 0.6 is 22.7 Å². The second-order valence-electron chi connectivity index (χ2n) is 3.56. The summed E-state index contributed by atoms with van der Waals surface area (Å²) in [5.41, 5.74) is 6.54. The van der Waals surface area contributed by atoms with Gasteiger partial charge in [0.25, 0.3) is 0 Å². The van der Waals surface area contributed by atoms with Gasteiger partial charge in [0, 0.05) is 5.38 Å². The van der Waals surface area contributed by atoms with E-state index in [2.05, 4.69) is 15.0 Å². The standard InChI is InChI=1S/C11H11N3O3S2/c1-17-10(16)9-7(2-3-18-9)14-8(15)4-6-5-19-11(12)13-6/h2-3,5H,4H2,1H3,(H2,12,13)(H,14,15). The number of hydrogen-bond acceptors (Lipinski definition) is 7. The normalized spacial score (nSPS) is 10.2. The number of rotatable bonds is 4. The molecule has 0 unspecified atom stereocenters. The predicted molar refractivity (Wildman–Crippen MR) is 74.5 cm³/mol. The van der Waals surface area contributed by atoms with Crippen LogP contribution in [0.2, 0.25) is 0 Å². The number of thiophene rings is 1. The van der Waals surface area contributed by atoms with Gasteiger partial charge >= 0.3 is 5.97 Å². The third-order valence-corrected chi connectivity index (χ3v) is 3.84. The number of nitrogens with one attached hydrogen (secondary N) is 1. The molecule has 0 spiro atoms. The molecule has 0 atom stereocenters. The maximum absolute atomic E-state index is 11.8. The molecule has 0 aromatic carbocycles. The van der Waals surface area contributed by atoms with Crippen LogP contribution in [-0.2, 0) is 16.0 Å². The van der Waals surface area contributed by atoms with Crippen molar-refractivity contribution in [1.82, 2.24) is 4.98 Å². The Balaban J connectivity index is 2.03. The van der Waals surface area contributed by atoms with Crippen molar-refractivity contribution in [2.75, 3.05) is 18.2 Å². The molecule has 0 aliphatic carbocycles. The topological polar surface area (TPSA) is 94.3 Å². The van der Waals surface area contributed by atoms with Gasteiger partial charge in [-0.1, -0.05) is 0 Å². The number of ether oxygens (including phenoxy) is 1.